The molecule has 40 valence electrons. The Bertz CT molecular complexity index is 8.04. The minimum absolute atomic E-state index is 0. The molecule has 0 aliphatic heterocycles. The fourth-order valence-electron chi connectivity index (χ4n) is 0. The molecule has 0 aromatic carbocycles. The Morgan fingerprint density at radius 3 is 0.571 bits per heavy atom. The van der Waals surface area contributed by atoms with E-state index < -0.39 is 0 Å². The fourth-order valence-corrected chi connectivity index (χ4v) is 0. The van der Waals surface area contributed by atoms with E-state index in [1.165, 1.54) is 0 Å². The van der Waals surface area contributed by atoms with Crippen LogP contribution in [0.3, 0.4) is 0 Å². The van der Waals surface area contributed by atoms with Gasteiger partial charge in [-0.3, -0.25) is 0 Å². The summed E-state index contributed by atoms with van der Waals surface area (Å²) >= 11 is 0. The smallest absolute Gasteiger partial charge is 2.00 e. The summed E-state index contributed by atoms with van der Waals surface area (Å²) in [4.78, 5) is 0. The van der Waals surface area contributed by atoms with Gasteiger partial charge in [-0.25, -0.2) is 0 Å². The summed E-state index contributed by atoms with van der Waals surface area (Å²) in [7, 11) is 0. The van der Waals surface area contributed by atoms with Crippen molar-refractivity contribution < 1.29 is 68.6 Å². The Hall–Kier alpha value is 1.14. The van der Waals surface area contributed by atoms with Crippen molar-refractivity contribution in [2.24, 2.45) is 0 Å². The van der Waals surface area contributed by atoms with E-state index in [0.29, 0.717) is 0 Å². The van der Waals surface area contributed by atoms with E-state index in [2.05, 4.69) is 0 Å². The first-order chi connectivity index (χ1) is 0. The van der Waals surface area contributed by atoms with Gasteiger partial charge in [0.2, 0.25) is 0 Å². The molecule has 7 heavy (non-hydrogen) atoms. The maximum Gasteiger partial charge on any atom is 5.00 e. The second-order valence-corrected chi connectivity index (χ2v) is 0. The first-order valence-electron chi connectivity index (χ1n) is 0. The molecular weight excluding hydrogens is 180 g/mol. The summed E-state index contributed by atoms with van der Waals surface area (Å²) in [5, 5.41) is 0. The molecule has 0 aromatic rings. The first kappa shape index (κ1) is 320. The zero-order valence-corrected chi connectivity index (χ0v) is 5.87. The summed E-state index contributed by atoms with van der Waals surface area (Å²) < 4.78 is 0. The second-order valence-electron chi connectivity index (χ2n) is 0. The van der Waals surface area contributed by atoms with Crippen LogP contribution in [0.15, 0.2) is 0 Å². The van der Waals surface area contributed by atoms with Gasteiger partial charge in [0, 0.05) is 0 Å². The van der Waals surface area contributed by atoms with E-state index in [-0.39, 0.29) is 68.6 Å². The van der Waals surface area contributed by atoms with Crippen LogP contribution < -0.4 is 18.9 Å². The molecule has 5 nitrogen and oxygen atoms in total. The van der Waals surface area contributed by atoms with Crippen LogP contribution in [-0.2, 0) is 38.8 Å². The van der Waals surface area contributed by atoms with Gasteiger partial charge in [-0.1, -0.05) is 0 Å². The number of hydrogen-bond acceptors (Lipinski definition) is 0. The summed E-state index contributed by atoms with van der Waals surface area (Å²) in [6.45, 7) is 0. The zero-order valence-electron chi connectivity index (χ0n) is 3.67. The van der Waals surface area contributed by atoms with E-state index in [9.17, 15) is 0 Å². The van der Waals surface area contributed by atoms with Crippen LogP contribution in [-0.4, -0.2) is 11.0 Å². The molecule has 7 heteroatoms. The summed E-state index contributed by atoms with van der Waals surface area (Å²) in [5.41, 5.74) is 0. The van der Waals surface area contributed by atoms with Crippen LogP contribution >= 0.6 is 0 Å². The van der Waals surface area contributed by atoms with Crippen LogP contribution in [0, 0.1) is 0 Å². The van der Waals surface area contributed by atoms with Crippen LogP contribution in [0.4, 0.5) is 0 Å². The van der Waals surface area contributed by atoms with E-state index in [1.807, 2.05) is 0 Å². The largest absolute Gasteiger partial charge is 5.00 e. The van der Waals surface area contributed by atoms with Crippen LogP contribution in [0.1, 0.15) is 0 Å². The molecule has 0 aromatic heterocycles. The molecule has 0 spiro atoms. The standard InChI is InChI=1S/Li.Nb.2H2O.3O/h;;2*1H2;;;/q+1;+5;;;3*-2. The van der Waals surface area contributed by atoms with Crippen LogP contribution in [0.2, 0.25) is 0 Å². The Morgan fingerprint density at radius 2 is 0.571 bits per heavy atom. The van der Waals surface area contributed by atoms with Gasteiger partial charge in [0.15, 0.2) is 0 Å². The fraction of sp³-hybridized carbons (Fsp3) is 0. The van der Waals surface area contributed by atoms with Crippen LogP contribution in [0.5, 0.6) is 0 Å². The minimum Gasteiger partial charge on any atom is -2.00 e. The third-order valence-electron chi connectivity index (χ3n) is 0. The molecule has 0 saturated heterocycles. The molecule has 0 aliphatic carbocycles. The van der Waals surface area contributed by atoms with Crippen molar-refractivity contribution in [2.75, 3.05) is 0 Å². The van der Waals surface area contributed by atoms with Gasteiger partial charge in [0.05, 0.1) is 0 Å². The number of hydrogen-bond donors (Lipinski definition) is 0. The Labute approximate surface area is 68.7 Å². The predicted molar refractivity (Wildman–Crippen MR) is 9.29 cm³/mol. The van der Waals surface area contributed by atoms with Crippen molar-refractivity contribution in [3.63, 3.8) is 0 Å². The Balaban J connectivity index is 0. The topological polar surface area (TPSA) is 148 Å². The average Bonchev–Trinajstić information content (AvgIpc) is 0. The monoisotopic (exact) mass is 184 g/mol. The molecule has 0 bridgehead atoms. The van der Waals surface area contributed by atoms with Crippen molar-refractivity contribution in [3.05, 3.63) is 0 Å². The predicted octanol–water partition coefficient (Wildman–Crippen LogP) is -5.00. The second kappa shape index (κ2) is 208. The van der Waals surface area contributed by atoms with Gasteiger partial charge < -0.3 is 27.4 Å². The molecule has 0 aliphatic rings. The average molecular weight is 184 g/mol. The summed E-state index contributed by atoms with van der Waals surface area (Å²) in [6, 6.07) is 0. The first-order valence-corrected chi connectivity index (χ1v) is 0. The summed E-state index contributed by atoms with van der Waals surface area (Å²) in [6.07, 6.45) is 0. The SMILES string of the molecule is O.O.[Li+].[Nb+5].[O-2].[O-2].[O-2]. The molecule has 0 saturated carbocycles. The van der Waals surface area contributed by atoms with Gasteiger partial charge in [-0.05, 0) is 0 Å². The minimum atomic E-state index is 0. The van der Waals surface area contributed by atoms with Gasteiger partial charge >= 0.3 is 41.2 Å². The van der Waals surface area contributed by atoms with Crippen molar-refractivity contribution in [1.82, 2.24) is 0 Å². The molecule has 0 rings (SSSR count). The van der Waals surface area contributed by atoms with Gasteiger partial charge in [0.1, 0.15) is 0 Å². The third-order valence-corrected chi connectivity index (χ3v) is 0. The quantitative estimate of drug-likeness (QED) is 0.331. The maximum atomic E-state index is 0. The van der Waals surface area contributed by atoms with E-state index in [1.54, 1.807) is 0 Å². The van der Waals surface area contributed by atoms with Crippen molar-refractivity contribution in [3.8, 4) is 0 Å². The molecule has 0 radical (unpaired) electrons. The van der Waals surface area contributed by atoms with E-state index in [4.69, 9.17) is 0 Å². The molecular formula is H4LiNbO5. The number of rotatable bonds is 0. The van der Waals surface area contributed by atoms with Gasteiger partial charge in [-0.15, -0.1) is 0 Å². The summed E-state index contributed by atoms with van der Waals surface area (Å²) in [5.74, 6) is 0. The molecule has 0 amide bonds. The molecule has 0 atom stereocenters. The van der Waals surface area contributed by atoms with Gasteiger partial charge in [0.25, 0.3) is 0 Å². The third kappa shape index (κ3) is 146. The molecule has 0 fully saturated rings. The van der Waals surface area contributed by atoms with Crippen molar-refractivity contribution >= 4 is 0 Å². The molecule has 0 heterocycles. The van der Waals surface area contributed by atoms with Crippen molar-refractivity contribution in [2.45, 2.75) is 0 Å². The van der Waals surface area contributed by atoms with Gasteiger partial charge in [-0.2, -0.15) is 0 Å². The molecule has 0 unspecified atom stereocenters. The van der Waals surface area contributed by atoms with Crippen molar-refractivity contribution in [1.29, 1.82) is 0 Å². The Morgan fingerprint density at radius 1 is 0.571 bits per heavy atom. The molecule has 4 N–H and O–H groups in total. The van der Waals surface area contributed by atoms with Crippen LogP contribution in [0.25, 0.3) is 0 Å². The normalized spacial score (nSPS) is 0. The van der Waals surface area contributed by atoms with E-state index >= 15 is 0 Å². The maximum absolute atomic E-state index is 0. The Kier molecular flexibility index (Phi) is 9510. The zero-order chi connectivity index (χ0) is 0. The van der Waals surface area contributed by atoms with E-state index in [0.717, 1.165) is 0 Å².